The Labute approximate surface area is 121 Å². The van der Waals surface area contributed by atoms with Gasteiger partial charge >= 0.3 is 0 Å². The first kappa shape index (κ1) is 14.0. The average Bonchev–Trinajstić information content (AvgIpc) is 2.29. The molecular formula is C12H19IN4O. The van der Waals surface area contributed by atoms with Crippen molar-refractivity contribution in [2.24, 2.45) is 0 Å². The summed E-state index contributed by atoms with van der Waals surface area (Å²) in [4.78, 5) is 12.9. The van der Waals surface area contributed by atoms with Gasteiger partial charge in [-0.05, 0) is 36.4 Å². The minimum atomic E-state index is -0.620. The molecule has 1 aliphatic rings. The summed E-state index contributed by atoms with van der Waals surface area (Å²) in [5, 5.41) is 9.82. The summed E-state index contributed by atoms with van der Waals surface area (Å²) >= 11 is 2.27. The van der Waals surface area contributed by atoms with E-state index in [4.69, 9.17) is 0 Å². The predicted molar refractivity (Wildman–Crippen MR) is 79.7 cm³/mol. The molecule has 100 valence electrons. The molecular weight excluding hydrogens is 343 g/mol. The Morgan fingerprint density at radius 3 is 2.56 bits per heavy atom. The first-order valence-corrected chi connectivity index (χ1v) is 7.19. The van der Waals surface area contributed by atoms with Crippen LogP contribution < -0.4 is 4.90 Å². The molecule has 0 radical (unpaired) electrons. The van der Waals surface area contributed by atoms with Crippen LogP contribution >= 0.6 is 22.6 Å². The molecule has 1 N–H and O–H groups in total. The zero-order valence-electron chi connectivity index (χ0n) is 10.8. The molecule has 1 fully saturated rings. The molecule has 0 unspecified atom stereocenters. The summed E-state index contributed by atoms with van der Waals surface area (Å²) in [7, 11) is 0. The number of halogens is 1. The highest BCUT2D eigenvalue weighted by molar-refractivity contribution is 14.1. The van der Waals surface area contributed by atoms with Crippen LogP contribution in [0.5, 0.6) is 0 Å². The zero-order chi connectivity index (χ0) is 13.2. The number of hydrogen-bond donors (Lipinski definition) is 1. The number of rotatable bonds is 3. The molecule has 1 aliphatic heterocycles. The molecule has 0 aliphatic carbocycles. The highest BCUT2D eigenvalue weighted by Crippen LogP contribution is 2.20. The highest BCUT2D eigenvalue weighted by Gasteiger charge is 2.23. The third-order valence-corrected chi connectivity index (χ3v) is 3.69. The van der Waals surface area contributed by atoms with E-state index in [0.29, 0.717) is 0 Å². The smallest absolute Gasteiger partial charge is 0.145 e. The summed E-state index contributed by atoms with van der Waals surface area (Å²) in [6.45, 7) is 8.25. The number of β-amino-alcohol motifs (C(OH)–C–C–N with tert-alkyl or cyclic N) is 1. The lowest BCUT2D eigenvalue weighted by atomic mass is 10.1. The first-order valence-electron chi connectivity index (χ1n) is 6.11. The van der Waals surface area contributed by atoms with E-state index < -0.39 is 5.60 Å². The zero-order valence-corrected chi connectivity index (χ0v) is 13.0. The Bertz CT molecular complexity index is 399. The Hall–Kier alpha value is -0.470. The second kappa shape index (κ2) is 5.66. The third-order valence-electron chi connectivity index (χ3n) is 2.93. The molecule has 2 rings (SSSR count). The number of aromatic nitrogens is 2. The molecule has 0 spiro atoms. The summed E-state index contributed by atoms with van der Waals surface area (Å²) in [5.74, 6) is 1.02. The molecule has 2 heterocycles. The van der Waals surface area contributed by atoms with Crippen molar-refractivity contribution in [2.75, 3.05) is 37.6 Å². The fourth-order valence-corrected chi connectivity index (χ4v) is 2.85. The summed E-state index contributed by atoms with van der Waals surface area (Å²) in [6, 6.07) is 0. The first-order chi connectivity index (χ1) is 8.46. The maximum absolute atomic E-state index is 9.82. The predicted octanol–water partition coefficient (Wildman–Crippen LogP) is 0.974. The van der Waals surface area contributed by atoms with Gasteiger partial charge in [0.05, 0.1) is 9.17 Å². The van der Waals surface area contributed by atoms with Gasteiger partial charge in [-0.3, -0.25) is 4.90 Å². The molecule has 0 amide bonds. The number of hydrogen-bond acceptors (Lipinski definition) is 5. The van der Waals surface area contributed by atoms with Crippen LogP contribution in [-0.4, -0.2) is 58.3 Å². The number of piperazine rings is 1. The minimum absolute atomic E-state index is 0.620. The normalized spacial score (nSPS) is 18.1. The lowest BCUT2D eigenvalue weighted by molar-refractivity contribution is 0.0344. The van der Waals surface area contributed by atoms with Gasteiger partial charge in [-0.15, -0.1) is 0 Å². The fourth-order valence-electron chi connectivity index (χ4n) is 2.20. The van der Waals surface area contributed by atoms with Crippen LogP contribution in [0.4, 0.5) is 5.82 Å². The Morgan fingerprint density at radius 1 is 1.33 bits per heavy atom. The van der Waals surface area contributed by atoms with E-state index in [1.54, 1.807) is 6.33 Å². The second-order valence-electron chi connectivity index (χ2n) is 5.27. The van der Waals surface area contributed by atoms with Crippen molar-refractivity contribution >= 4 is 28.4 Å². The van der Waals surface area contributed by atoms with Crippen LogP contribution in [0.25, 0.3) is 0 Å². The SMILES string of the molecule is CC(C)(O)CN1CCN(c2ncncc2I)CC1. The van der Waals surface area contributed by atoms with Crippen LogP contribution in [0, 0.1) is 3.57 Å². The minimum Gasteiger partial charge on any atom is -0.389 e. The molecule has 0 atom stereocenters. The summed E-state index contributed by atoms with van der Waals surface area (Å²) in [5.41, 5.74) is -0.620. The van der Waals surface area contributed by atoms with Crippen LogP contribution in [0.3, 0.4) is 0 Å². The molecule has 1 aromatic heterocycles. The van der Waals surface area contributed by atoms with E-state index >= 15 is 0 Å². The van der Waals surface area contributed by atoms with Gasteiger partial charge in [-0.1, -0.05) is 0 Å². The van der Waals surface area contributed by atoms with Gasteiger partial charge in [-0.25, -0.2) is 9.97 Å². The average molecular weight is 362 g/mol. The monoisotopic (exact) mass is 362 g/mol. The van der Waals surface area contributed by atoms with E-state index in [9.17, 15) is 5.11 Å². The maximum Gasteiger partial charge on any atom is 0.145 e. The van der Waals surface area contributed by atoms with Crippen molar-refractivity contribution in [3.8, 4) is 0 Å². The van der Waals surface area contributed by atoms with Crippen molar-refractivity contribution in [3.63, 3.8) is 0 Å². The van der Waals surface area contributed by atoms with Crippen molar-refractivity contribution in [1.29, 1.82) is 0 Å². The number of anilines is 1. The molecule has 0 bridgehead atoms. The van der Waals surface area contributed by atoms with Gasteiger partial charge in [0.15, 0.2) is 0 Å². The lowest BCUT2D eigenvalue weighted by Crippen LogP contribution is -2.50. The Morgan fingerprint density at radius 2 is 2.00 bits per heavy atom. The molecule has 6 heteroatoms. The highest BCUT2D eigenvalue weighted by atomic mass is 127. The van der Waals surface area contributed by atoms with E-state index in [-0.39, 0.29) is 0 Å². The fraction of sp³-hybridized carbons (Fsp3) is 0.667. The van der Waals surface area contributed by atoms with Crippen LogP contribution in [0.15, 0.2) is 12.5 Å². The van der Waals surface area contributed by atoms with Gasteiger partial charge in [-0.2, -0.15) is 0 Å². The van der Waals surface area contributed by atoms with Gasteiger partial charge < -0.3 is 10.0 Å². The summed E-state index contributed by atoms with van der Waals surface area (Å²) < 4.78 is 1.09. The van der Waals surface area contributed by atoms with E-state index in [1.807, 2.05) is 20.0 Å². The maximum atomic E-state index is 9.82. The van der Waals surface area contributed by atoms with E-state index in [2.05, 4.69) is 42.4 Å². The van der Waals surface area contributed by atoms with E-state index in [1.165, 1.54) is 0 Å². The number of nitrogens with zero attached hydrogens (tertiary/aromatic N) is 4. The quantitative estimate of drug-likeness (QED) is 0.813. The molecule has 0 saturated carbocycles. The molecule has 5 nitrogen and oxygen atoms in total. The van der Waals surface area contributed by atoms with Crippen molar-refractivity contribution in [2.45, 2.75) is 19.4 Å². The lowest BCUT2D eigenvalue weighted by Gasteiger charge is -2.38. The van der Waals surface area contributed by atoms with Gasteiger partial charge in [0.25, 0.3) is 0 Å². The van der Waals surface area contributed by atoms with Gasteiger partial charge in [0, 0.05) is 38.9 Å². The topological polar surface area (TPSA) is 52.5 Å². The standard InChI is InChI=1S/C12H19IN4O/c1-12(2,18)8-16-3-5-17(6-4-16)11-10(13)7-14-9-15-11/h7,9,18H,3-6,8H2,1-2H3. The molecule has 1 aromatic rings. The van der Waals surface area contributed by atoms with Crippen molar-refractivity contribution < 1.29 is 5.11 Å². The second-order valence-corrected chi connectivity index (χ2v) is 6.43. The van der Waals surface area contributed by atoms with Gasteiger partial charge in [0.2, 0.25) is 0 Å². The van der Waals surface area contributed by atoms with E-state index in [0.717, 1.165) is 42.1 Å². The summed E-state index contributed by atoms with van der Waals surface area (Å²) in [6.07, 6.45) is 3.44. The van der Waals surface area contributed by atoms with Crippen molar-refractivity contribution in [1.82, 2.24) is 14.9 Å². The largest absolute Gasteiger partial charge is 0.389 e. The van der Waals surface area contributed by atoms with Gasteiger partial charge in [0.1, 0.15) is 12.1 Å². The molecule has 18 heavy (non-hydrogen) atoms. The molecule has 0 aromatic carbocycles. The Balaban J connectivity index is 1.93. The molecule has 1 saturated heterocycles. The van der Waals surface area contributed by atoms with Crippen LogP contribution in [0.1, 0.15) is 13.8 Å². The van der Waals surface area contributed by atoms with Crippen LogP contribution in [-0.2, 0) is 0 Å². The Kier molecular flexibility index (Phi) is 4.39. The third kappa shape index (κ3) is 3.76. The number of aliphatic hydroxyl groups is 1. The van der Waals surface area contributed by atoms with Crippen LogP contribution in [0.2, 0.25) is 0 Å². The van der Waals surface area contributed by atoms with Crippen molar-refractivity contribution in [3.05, 3.63) is 16.1 Å².